The number of carbonyl (C=O) groups is 2. The Bertz CT molecular complexity index is 748. The molecule has 1 saturated heterocycles. The standard InChI is InChI=1S/C22H33N3O4/c1-15(2)22(16(3)4)14-25(21(27)28)8-7-17-13-18(5-6-19(17)22)23-20(26)24-9-11-29-12-10-24/h5-6,13,15-16H,7-12,14H2,1-4H3,(H,23,26)(H,27,28). The highest BCUT2D eigenvalue weighted by molar-refractivity contribution is 5.89. The molecule has 29 heavy (non-hydrogen) atoms. The van der Waals surface area contributed by atoms with Crippen molar-refractivity contribution in [3.8, 4) is 0 Å². The van der Waals surface area contributed by atoms with E-state index < -0.39 is 6.09 Å². The van der Waals surface area contributed by atoms with E-state index in [9.17, 15) is 14.7 Å². The average Bonchev–Trinajstić information content (AvgIpc) is 2.86. The molecule has 0 radical (unpaired) electrons. The molecule has 0 saturated carbocycles. The predicted octanol–water partition coefficient (Wildman–Crippen LogP) is 3.64. The van der Waals surface area contributed by atoms with E-state index in [4.69, 9.17) is 4.74 Å². The number of carbonyl (C=O) groups excluding carboxylic acids is 1. The second-order valence-corrected chi connectivity index (χ2v) is 8.71. The summed E-state index contributed by atoms with van der Waals surface area (Å²) >= 11 is 0. The fraction of sp³-hybridized carbons (Fsp3) is 0.636. The monoisotopic (exact) mass is 403 g/mol. The first-order chi connectivity index (χ1) is 13.8. The van der Waals surface area contributed by atoms with Crippen LogP contribution in [0.5, 0.6) is 0 Å². The van der Waals surface area contributed by atoms with Gasteiger partial charge in [-0.25, -0.2) is 9.59 Å². The number of fused-ring (bicyclic) bond motifs is 1. The molecule has 0 aliphatic carbocycles. The van der Waals surface area contributed by atoms with Crippen molar-refractivity contribution in [2.75, 3.05) is 44.7 Å². The van der Waals surface area contributed by atoms with Crippen LogP contribution in [-0.4, -0.2) is 66.4 Å². The molecule has 1 fully saturated rings. The molecule has 1 aromatic carbocycles. The van der Waals surface area contributed by atoms with Gasteiger partial charge in [-0.05, 0) is 41.5 Å². The Labute approximate surface area is 173 Å². The van der Waals surface area contributed by atoms with Crippen molar-refractivity contribution in [1.82, 2.24) is 9.80 Å². The molecule has 7 nitrogen and oxygen atoms in total. The van der Waals surface area contributed by atoms with Crippen LogP contribution >= 0.6 is 0 Å². The molecule has 0 spiro atoms. The van der Waals surface area contributed by atoms with Gasteiger partial charge >= 0.3 is 12.1 Å². The number of carboxylic acid groups (broad SMARTS) is 1. The molecule has 0 unspecified atom stereocenters. The second-order valence-electron chi connectivity index (χ2n) is 8.71. The number of hydrogen-bond acceptors (Lipinski definition) is 3. The summed E-state index contributed by atoms with van der Waals surface area (Å²) < 4.78 is 5.31. The lowest BCUT2D eigenvalue weighted by Crippen LogP contribution is -2.48. The van der Waals surface area contributed by atoms with Crippen molar-refractivity contribution in [1.29, 1.82) is 0 Å². The summed E-state index contributed by atoms with van der Waals surface area (Å²) in [6, 6.07) is 5.95. The van der Waals surface area contributed by atoms with Crippen molar-refractivity contribution < 1.29 is 19.4 Å². The molecule has 0 bridgehead atoms. The molecule has 7 heteroatoms. The van der Waals surface area contributed by atoms with Gasteiger partial charge in [0.25, 0.3) is 0 Å². The summed E-state index contributed by atoms with van der Waals surface area (Å²) in [5.41, 5.74) is 2.81. The first-order valence-electron chi connectivity index (χ1n) is 10.5. The molecule has 160 valence electrons. The Balaban J connectivity index is 1.93. The number of hydrogen-bond donors (Lipinski definition) is 2. The number of urea groups is 1. The lowest BCUT2D eigenvalue weighted by Gasteiger charge is -2.44. The van der Waals surface area contributed by atoms with E-state index in [-0.39, 0.29) is 23.3 Å². The Hall–Kier alpha value is -2.28. The lowest BCUT2D eigenvalue weighted by atomic mass is 9.63. The first-order valence-corrected chi connectivity index (χ1v) is 10.5. The van der Waals surface area contributed by atoms with E-state index in [2.05, 4.69) is 39.1 Å². The molecule has 1 aromatic rings. The van der Waals surface area contributed by atoms with Crippen LogP contribution in [0.3, 0.4) is 0 Å². The number of amides is 3. The van der Waals surface area contributed by atoms with Gasteiger partial charge in [0.2, 0.25) is 0 Å². The summed E-state index contributed by atoms with van der Waals surface area (Å²) in [6.45, 7) is 11.9. The smallest absolute Gasteiger partial charge is 0.407 e. The number of ether oxygens (including phenoxy) is 1. The van der Waals surface area contributed by atoms with E-state index in [1.54, 1.807) is 9.80 Å². The third-order valence-corrected chi connectivity index (χ3v) is 6.59. The normalized spacial score (nSPS) is 19.1. The van der Waals surface area contributed by atoms with Crippen LogP contribution < -0.4 is 5.32 Å². The molecule has 0 aromatic heterocycles. The Kier molecular flexibility index (Phi) is 6.36. The number of morpholine rings is 1. The maximum atomic E-state index is 12.6. The van der Waals surface area contributed by atoms with Crippen LogP contribution in [0, 0.1) is 11.8 Å². The van der Waals surface area contributed by atoms with Gasteiger partial charge in [0.1, 0.15) is 0 Å². The number of nitrogens with one attached hydrogen (secondary N) is 1. The number of nitrogens with zero attached hydrogens (tertiary/aromatic N) is 2. The third-order valence-electron chi connectivity index (χ3n) is 6.59. The second kappa shape index (κ2) is 8.61. The minimum absolute atomic E-state index is 0.118. The molecule has 2 heterocycles. The van der Waals surface area contributed by atoms with Crippen LogP contribution in [-0.2, 0) is 16.6 Å². The average molecular weight is 404 g/mol. The van der Waals surface area contributed by atoms with Crippen molar-refractivity contribution >= 4 is 17.8 Å². The maximum absolute atomic E-state index is 12.6. The van der Waals surface area contributed by atoms with Crippen LogP contribution in [0.1, 0.15) is 38.8 Å². The minimum Gasteiger partial charge on any atom is -0.465 e. The van der Waals surface area contributed by atoms with Gasteiger partial charge in [-0.1, -0.05) is 33.8 Å². The molecule has 3 rings (SSSR count). The van der Waals surface area contributed by atoms with Crippen LogP contribution in [0.2, 0.25) is 0 Å². The van der Waals surface area contributed by atoms with E-state index in [1.165, 1.54) is 5.56 Å². The molecular weight excluding hydrogens is 370 g/mol. The molecule has 2 aliphatic heterocycles. The SMILES string of the molecule is CC(C)C1(C(C)C)CN(C(=O)O)CCc2cc(NC(=O)N3CCOCC3)ccc21. The highest BCUT2D eigenvalue weighted by Crippen LogP contribution is 2.44. The van der Waals surface area contributed by atoms with Crippen molar-refractivity contribution in [2.24, 2.45) is 11.8 Å². The van der Waals surface area contributed by atoms with E-state index in [0.717, 1.165) is 11.3 Å². The van der Waals surface area contributed by atoms with Gasteiger partial charge in [0, 0.05) is 37.3 Å². The van der Waals surface area contributed by atoms with Gasteiger partial charge in [-0.3, -0.25) is 0 Å². The fourth-order valence-corrected chi connectivity index (χ4v) is 4.85. The van der Waals surface area contributed by atoms with Gasteiger partial charge < -0.3 is 25.0 Å². The summed E-state index contributed by atoms with van der Waals surface area (Å²) in [6.07, 6.45) is -0.228. The fourth-order valence-electron chi connectivity index (χ4n) is 4.85. The zero-order chi connectivity index (χ0) is 21.2. The number of anilines is 1. The highest BCUT2D eigenvalue weighted by Gasteiger charge is 2.44. The summed E-state index contributed by atoms with van der Waals surface area (Å²) in [5.74, 6) is 0.546. The molecule has 2 N–H and O–H groups in total. The van der Waals surface area contributed by atoms with Crippen molar-refractivity contribution in [3.05, 3.63) is 29.3 Å². The lowest BCUT2D eigenvalue weighted by molar-refractivity contribution is 0.0564. The van der Waals surface area contributed by atoms with Crippen molar-refractivity contribution in [3.63, 3.8) is 0 Å². The Morgan fingerprint density at radius 3 is 2.31 bits per heavy atom. The van der Waals surface area contributed by atoms with Crippen molar-refractivity contribution in [2.45, 2.75) is 39.5 Å². The third kappa shape index (κ3) is 4.20. The maximum Gasteiger partial charge on any atom is 0.407 e. The van der Waals surface area contributed by atoms with Crippen LogP contribution in [0.4, 0.5) is 15.3 Å². The minimum atomic E-state index is -0.871. The summed E-state index contributed by atoms with van der Waals surface area (Å²) in [7, 11) is 0. The topological polar surface area (TPSA) is 82.1 Å². The molecular formula is C22H33N3O4. The number of rotatable bonds is 3. The van der Waals surface area contributed by atoms with Gasteiger partial charge in [0.15, 0.2) is 0 Å². The summed E-state index contributed by atoms with van der Waals surface area (Å²) in [5, 5.41) is 12.7. The van der Waals surface area contributed by atoms with Gasteiger partial charge in [-0.15, -0.1) is 0 Å². The molecule has 3 amide bonds. The van der Waals surface area contributed by atoms with E-state index in [0.29, 0.717) is 45.8 Å². The zero-order valence-corrected chi connectivity index (χ0v) is 17.9. The van der Waals surface area contributed by atoms with Crippen LogP contribution in [0.25, 0.3) is 0 Å². The number of benzene rings is 1. The summed E-state index contributed by atoms with van der Waals surface area (Å²) in [4.78, 5) is 27.7. The first kappa shape index (κ1) is 21.4. The molecule has 0 atom stereocenters. The van der Waals surface area contributed by atoms with E-state index >= 15 is 0 Å². The zero-order valence-electron chi connectivity index (χ0n) is 17.9. The highest BCUT2D eigenvalue weighted by atomic mass is 16.5. The largest absolute Gasteiger partial charge is 0.465 e. The van der Waals surface area contributed by atoms with Gasteiger partial charge in [-0.2, -0.15) is 0 Å². The predicted molar refractivity (Wildman–Crippen MR) is 113 cm³/mol. The Morgan fingerprint density at radius 2 is 1.72 bits per heavy atom. The van der Waals surface area contributed by atoms with Gasteiger partial charge in [0.05, 0.1) is 13.2 Å². The molecule has 2 aliphatic rings. The van der Waals surface area contributed by atoms with E-state index in [1.807, 2.05) is 12.1 Å². The quantitative estimate of drug-likeness (QED) is 0.807. The Morgan fingerprint density at radius 1 is 1.07 bits per heavy atom. The van der Waals surface area contributed by atoms with Crippen LogP contribution in [0.15, 0.2) is 18.2 Å².